The molecule has 1 rings (SSSR count). The molecule has 21 heavy (non-hydrogen) atoms. The zero-order chi connectivity index (χ0) is 16.2. The van der Waals surface area contributed by atoms with Crippen molar-refractivity contribution in [3.8, 4) is 5.75 Å². The van der Waals surface area contributed by atoms with Gasteiger partial charge in [0.1, 0.15) is 11.6 Å². The molecule has 116 valence electrons. The van der Waals surface area contributed by atoms with Gasteiger partial charge < -0.3 is 15.2 Å². The van der Waals surface area contributed by atoms with E-state index in [1.807, 2.05) is 13.8 Å². The van der Waals surface area contributed by atoms with E-state index >= 15 is 0 Å². The van der Waals surface area contributed by atoms with E-state index in [1.165, 1.54) is 26.0 Å². The third kappa shape index (κ3) is 5.06. The number of carboxylic acids is 1. The molecule has 0 aromatic heterocycles. The smallest absolute Gasteiger partial charge is 0.309 e. The van der Waals surface area contributed by atoms with Crippen molar-refractivity contribution < 1.29 is 23.8 Å². The van der Waals surface area contributed by atoms with Crippen LogP contribution in [0.5, 0.6) is 5.75 Å². The van der Waals surface area contributed by atoms with Crippen molar-refractivity contribution in [3.05, 3.63) is 24.0 Å². The van der Waals surface area contributed by atoms with Gasteiger partial charge in [-0.05, 0) is 39.8 Å². The lowest BCUT2D eigenvalue weighted by Gasteiger charge is -2.18. The molecule has 0 aliphatic heterocycles. The molecule has 1 aromatic rings. The number of rotatable bonds is 6. The lowest BCUT2D eigenvalue weighted by Crippen LogP contribution is -2.29. The molecular formula is C15H20FNO4. The maximum absolute atomic E-state index is 13.8. The molecule has 0 aliphatic carbocycles. The van der Waals surface area contributed by atoms with Crippen molar-refractivity contribution >= 4 is 17.6 Å². The maximum atomic E-state index is 13.8. The summed E-state index contributed by atoms with van der Waals surface area (Å²) in [7, 11) is 0. The highest BCUT2D eigenvalue weighted by molar-refractivity contribution is 5.94. The molecule has 0 spiro atoms. The van der Waals surface area contributed by atoms with Crippen molar-refractivity contribution in [2.75, 3.05) is 5.32 Å². The summed E-state index contributed by atoms with van der Waals surface area (Å²) in [6.07, 6.45) is -0.326. The minimum atomic E-state index is -1.21. The van der Waals surface area contributed by atoms with Crippen LogP contribution in [0.15, 0.2) is 18.2 Å². The fourth-order valence-electron chi connectivity index (χ4n) is 1.61. The van der Waals surface area contributed by atoms with E-state index in [1.54, 1.807) is 6.07 Å². The second-order valence-electron chi connectivity index (χ2n) is 5.72. The Morgan fingerprint density at radius 3 is 2.48 bits per heavy atom. The molecule has 0 heterocycles. The number of hydrogen-bond acceptors (Lipinski definition) is 3. The van der Waals surface area contributed by atoms with E-state index in [9.17, 15) is 14.0 Å². The van der Waals surface area contributed by atoms with Crippen LogP contribution in [-0.4, -0.2) is 23.1 Å². The minimum absolute atomic E-state index is 0.00250. The van der Waals surface area contributed by atoms with Gasteiger partial charge in [-0.15, -0.1) is 0 Å². The first-order chi connectivity index (χ1) is 9.61. The summed E-state index contributed by atoms with van der Waals surface area (Å²) in [5.74, 6) is -1.90. The molecule has 0 atom stereocenters. The Hall–Kier alpha value is -2.11. The first-order valence-corrected chi connectivity index (χ1v) is 6.61. The van der Waals surface area contributed by atoms with Crippen LogP contribution in [-0.2, 0) is 9.59 Å². The first kappa shape index (κ1) is 16.9. The van der Waals surface area contributed by atoms with Crippen LogP contribution in [0.3, 0.4) is 0 Å². The van der Waals surface area contributed by atoms with Gasteiger partial charge in [-0.1, -0.05) is 0 Å². The summed E-state index contributed by atoms with van der Waals surface area (Å²) in [4.78, 5) is 22.7. The van der Waals surface area contributed by atoms with Crippen LogP contribution in [0.1, 0.15) is 34.1 Å². The maximum Gasteiger partial charge on any atom is 0.309 e. The average Bonchev–Trinajstić information content (AvgIpc) is 2.31. The van der Waals surface area contributed by atoms with E-state index < -0.39 is 23.1 Å². The lowest BCUT2D eigenvalue weighted by atomic mass is 9.89. The summed E-state index contributed by atoms with van der Waals surface area (Å²) < 4.78 is 19.2. The van der Waals surface area contributed by atoms with Crippen LogP contribution >= 0.6 is 0 Å². The van der Waals surface area contributed by atoms with Gasteiger partial charge in [-0.2, -0.15) is 0 Å². The molecule has 0 radical (unpaired) electrons. The van der Waals surface area contributed by atoms with Crippen LogP contribution < -0.4 is 10.1 Å². The average molecular weight is 297 g/mol. The van der Waals surface area contributed by atoms with Crippen LogP contribution in [0, 0.1) is 11.2 Å². The number of carbonyl (C=O) groups is 2. The fourth-order valence-corrected chi connectivity index (χ4v) is 1.61. The Kier molecular flexibility index (Phi) is 5.29. The second kappa shape index (κ2) is 6.56. The van der Waals surface area contributed by atoms with Gasteiger partial charge in [0.25, 0.3) is 0 Å². The van der Waals surface area contributed by atoms with Gasteiger partial charge in [0, 0.05) is 12.5 Å². The quantitative estimate of drug-likeness (QED) is 0.846. The van der Waals surface area contributed by atoms with Crippen molar-refractivity contribution in [1.82, 2.24) is 0 Å². The summed E-state index contributed by atoms with van der Waals surface area (Å²) in [6.45, 7) is 6.51. The van der Waals surface area contributed by atoms with Gasteiger partial charge in [0.15, 0.2) is 0 Å². The van der Waals surface area contributed by atoms with E-state index in [-0.39, 0.29) is 18.2 Å². The molecule has 0 unspecified atom stereocenters. The standard InChI is InChI=1S/C15H20FNO4/c1-9(2)21-10-5-6-12(11(16)7-10)17-13(18)8-15(3,4)14(19)20/h5-7,9H,8H2,1-4H3,(H,17,18)(H,19,20). The molecule has 1 aromatic carbocycles. The Morgan fingerprint density at radius 1 is 1.38 bits per heavy atom. The highest BCUT2D eigenvalue weighted by Gasteiger charge is 2.30. The topological polar surface area (TPSA) is 75.6 Å². The molecule has 1 amide bonds. The lowest BCUT2D eigenvalue weighted by molar-refractivity contribution is -0.148. The van der Waals surface area contributed by atoms with Gasteiger partial charge in [0.2, 0.25) is 5.91 Å². The highest BCUT2D eigenvalue weighted by Crippen LogP contribution is 2.24. The number of ether oxygens (including phenoxy) is 1. The highest BCUT2D eigenvalue weighted by atomic mass is 19.1. The van der Waals surface area contributed by atoms with E-state index in [4.69, 9.17) is 9.84 Å². The fraction of sp³-hybridized carbons (Fsp3) is 0.467. The van der Waals surface area contributed by atoms with Gasteiger partial charge in [0.05, 0.1) is 17.2 Å². The number of aliphatic carboxylic acids is 1. The predicted molar refractivity (Wildman–Crippen MR) is 76.8 cm³/mol. The summed E-state index contributed by atoms with van der Waals surface area (Å²) in [6, 6.07) is 4.11. The molecule has 6 heteroatoms. The predicted octanol–water partition coefficient (Wildman–Crippen LogP) is 3.05. The van der Waals surface area contributed by atoms with E-state index in [0.717, 1.165) is 0 Å². The van der Waals surface area contributed by atoms with Crippen LogP contribution in [0.4, 0.5) is 10.1 Å². The normalized spacial score (nSPS) is 11.3. The summed E-state index contributed by atoms with van der Waals surface area (Å²) in [5, 5.41) is 11.3. The molecule has 0 bridgehead atoms. The zero-order valence-corrected chi connectivity index (χ0v) is 12.6. The Balaban J connectivity index is 2.75. The van der Waals surface area contributed by atoms with Gasteiger partial charge in [-0.3, -0.25) is 9.59 Å². The molecular weight excluding hydrogens is 277 g/mol. The number of halogens is 1. The minimum Gasteiger partial charge on any atom is -0.491 e. The van der Waals surface area contributed by atoms with Gasteiger partial charge in [-0.25, -0.2) is 4.39 Å². The Bertz CT molecular complexity index is 540. The number of nitrogens with one attached hydrogen (secondary N) is 1. The summed E-state index contributed by atoms with van der Waals surface area (Å²) in [5.41, 5.74) is -1.21. The first-order valence-electron chi connectivity index (χ1n) is 6.61. The molecule has 0 saturated carbocycles. The van der Waals surface area contributed by atoms with E-state index in [2.05, 4.69) is 5.32 Å². The van der Waals surface area contributed by atoms with Crippen molar-refractivity contribution in [3.63, 3.8) is 0 Å². The number of amides is 1. The Morgan fingerprint density at radius 2 is 2.00 bits per heavy atom. The Labute approximate surface area is 123 Å². The van der Waals surface area contributed by atoms with Gasteiger partial charge >= 0.3 is 5.97 Å². The van der Waals surface area contributed by atoms with Crippen molar-refractivity contribution in [2.24, 2.45) is 5.41 Å². The molecule has 0 saturated heterocycles. The molecule has 0 aliphatic rings. The number of benzene rings is 1. The van der Waals surface area contributed by atoms with Crippen molar-refractivity contribution in [2.45, 2.75) is 40.2 Å². The van der Waals surface area contributed by atoms with Crippen LogP contribution in [0.2, 0.25) is 0 Å². The second-order valence-corrected chi connectivity index (χ2v) is 5.72. The number of carboxylic acid groups (broad SMARTS) is 1. The monoisotopic (exact) mass is 297 g/mol. The SMILES string of the molecule is CC(C)Oc1ccc(NC(=O)CC(C)(C)C(=O)O)c(F)c1. The largest absolute Gasteiger partial charge is 0.491 e. The third-order valence-corrected chi connectivity index (χ3v) is 2.77. The zero-order valence-electron chi connectivity index (χ0n) is 12.6. The number of hydrogen-bond donors (Lipinski definition) is 2. The molecule has 2 N–H and O–H groups in total. The number of carbonyl (C=O) groups excluding carboxylic acids is 1. The number of anilines is 1. The third-order valence-electron chi connectivity index (χ3n) is 2.77. The molecule has 5 nitrogen and oxygen atoms in total. The van der Waals surface area contributed by atoms with E-state index in [0.29, 0.717) is 5.75 Å². The molecule has 0 fully saturated rings. The van der Waals surface area contributed by atoms with Crippen LogP contribution in [0.25, 0.3) is 0 Å². The summed E-state index contributed by atoms with van der Waals surface area (Å²) >= 11 is 0. The van der Waals surface area contributed by atoms with Crippen molar-refractivity contribution in [1.29, 1.82) is 0 Å².